The number of nitrogens with zero attached hydrogens (tertiary/aromatic N) is 1. The maximum atomic E-state index is 12.6. The van der Waals surface area contributed by atoms with Crippen LogP contribution < -0.4 is 10.1 Å². The highest BCUT2D eigenvalue weighted by molar-refractivity contribution is 5.94. The van der Waals surface area contributed by atoms with E-state index in [1.165, 1.54) is 0 Å². The first-order chi connectivity index (χ1) is 13.2. The van der Waals surface area contributed by atoms with Crippen molar-refractivity contribution in [2.75, 3.05) is 0 Å². The first-order valence-corrected chi connectivity index (χ1v) is 8.68. The molecule has 0 saturated heterocycles. The normalized spacial score (nSPS) is 11.9. The van der Waals surface area contributed by atoms with Crippen LogP contribution in [0.25, 0.3) is 11.1 Å². The Morgan fingerprint density at radius 2 is 1.70 bits per heavy atom. The van der Waals surface area contributed by atoms with E-state index in [2.05, 4.69) is 10.3 Å². The Bertz CT molecular complexity index is 1040. The van der Waals surface area contributed by atoms with Gasteiger partial charge in [0.15, 0.2) is 5.58 Å². The number of hydrogen-bond donors (Lipinski definition) is 1. The van der Waals surface area contributed by atoms with Gasteiger partial charge in [-0.05, 0) is 49.4 Å². The molecule has 134 valence electrons. The molecule has 1 atom stereocenters. The minimum Gasteiger partial charge on any atom is -0.457 e. The van der Waals surface area contributed by atoms with Crippen LogP contribution in [-0.4, -0.2) is 10.9 Å². The highest BCUT2D eigenvalue weighted by atomic mass is 16.5. The largest absolute Gasteiger partial charge is 0.457 e. The molecular weight excluding hydrogens is 340 g/mol. The third-order valence-electron chi connectivity index (χ3n) is 4.10. The summed E-state index contributed by atoms with van der Waals surface area (Å²) in [6.07, 6.45) is 0. The molecule has 1 aromatic heterocycles. The molecule has 0 bridgehead atoms. The lowest BCUT2D eigenvalue weighted by atomic mass is 10.2. The number of ether oxygens (including phenoxy) is 1. The Labute approximate surface area is 156 Å². The zero-order valence-corrected chi connectivity index (χ0v) is 14.8. The molecule has 1 heterocycles. The zero-order chi connectivity index (χ0) is 18.6. The van der Waals surface area contributed by atoms with Gasteiger partial charge in [-0.15, -0.1) is 0 Å². The van der Waals surface area contributed by atoms with Gasteiger partial charge in [0.05, 0.1) is 0 Å². The summed E-state index contributed by atoms with van der Waals surface area (Å²) in [4.78, 5) is 17.0. The number of benzene rings is 3. The van der Waals surface area contributed by atoms with E-state index in [0.29, 0.717) is 22.8 Å². The smallest absolute Gasteiger partial charge is 0.252 e. The Morgan fingerprint density at radius 3 is 2.52 bits per heavy atom. The Morgan fingerprint density at radius 1 is 0.963 bits per heavy atom. The second kappa shape index (κ2) is 7.33. The summed E-state index contributed by atoms with van der Waals surface area (Å²) in [6, 6.07) is 23.7. The topological polar surface area (TPSA) is 64.4 Å². The number of carbonyl (C=O) groups excluding carboxylic acids is 1. The predicted molar refractivity (Wildman–Crippen MR) is 103 cm³/mol. The molecule has 27 heavy (non-hydrogen) atoms. The molecule has 0 aliphatic carbocycles. The molecule has 5 nitrogen and oxygen atoms in total. The van der Waals surface area contributed by atoms with Gasteiger partial charge in [0.1, 0.15) is 23.1 Å². The van der Waals surface area contributed by atoms with E-state index in [-0.39, 0.29) is 11.9 Å². The van der Waals surface area contributed by atoms with E-state index in [0.717, 1.165) is 11.3 Å². The lowest BCUT2D eigenvalue weighted by Crippen LogP contribution is -2.26. The lowest BCUT2D eigenvalue weighted by Gasteiger charge is -2.11. The van der Waals surface area contributed by atoms with Gasteiger partial charge in [0.25, 0.3) is 5.91 Å². The Hall–Kier alpha value is -3.60. The number of nitrogens with one attached hydrogen (secondary N) is 1. The average Bonchev–Trinajstić information content (AvgIpc) is 3.13. The monoisotopic (exact) mass is 358 g/mol. The summed E-state index contributed by atoms with van der Waals surface area (Å²) in [5, 5.41) is 2.91. The second-order valence-corrected chi connectivity index (χ2v) is 6.16. The van der Waals surface area contributed by atoms with Crippen molar-refractivity contribution >= 4 is 17.0 Å². The first kappa shape index (κ1) is 16.8. The van der Waals surface area contributed by atoms with Crippen LogP contribution in [0.1, 0.15) is 29.2 Å². The van der Waals surface area contributed by atoms with Crippen LogP contribution in [0.15, 0.2) is 83.3 Å². The van der Waals surface area contributed by atoms with E-state index < -0.39 is 0 Å². The number of hydrogen-bond acceptors (Lipinski definition) is 4. The standard InChI is InChI=1S/C22H18N2O3/c1-15(22-24-19-12-5-6-13-20(19)27-22)23-21(25)16-8-7-11-18(14-16)26-17-9-3-2-4-10-17/h2-15H,1H3,(H,23,25). The fourth-order valence-corrected chi connectivity index (χ4v) is 2.74. The third-order valence-corrected chi connectivity index (χ3v) is 4.10. The minimum absolute atomic E-state index is 0.219. The molecule has 3 aromatic carbocycles. The van der Waals surface area contributed by atoms with Crippen molar-refractivity contribution in [1.82, 2.24) is 10.3 Å². The lowest BCUT2D eigenvalue weighted by molar-refractivity contribution is 0.0934. The Kier molecular flexibility index (Phi) is 4.58. The van der Waals surface area contributed by atoms with Gasteiger partial charge in [0, 0.05) is 5.56 Å². The van der Waals surface area contributed by atoms with Crippen molar-refractivity contribution in [3.63, 3.8) is 0 Å². The molecular formula is C22H18N2O3. The maximum Gasteiger partial charge on any atom is 0.252 e. The van der Waals surface area contributed by atoms with Gasteiger partial charge < -0.3 is 14.5 Å². The van der Waals surface area contributed by atoms with Crippen molar-refractivity contribution in [2.24, 2.45) is 0 Å². The predicted octanol–water partition coefficient (Wildman–Crippen LogP) is 5.11. The molecule has 1 amide bonds. The fraction of sp³-hybridized carbons (Fsp3) is 0.0909. The summed E-state index contributed by atoms with van der Waals surface area (Å²) in [6.45, 7) is 1.84. The van der Waals surface area contributed by atoms with Crippen molar-refractivity contribution < 1.29 is 13.9 Å². The molecule has 0 fully saturated rings. The van der Waals surface area contributed by atoms with E-state index in [1.807, 2.05) is 67.6 Å². The van der Waals surface area contributed by atoms with Gasteiger partial charge in [-0.1, -0.05) is 36.4 Å². The summed E-state index contributed by atoms with van der Waals surface area (Å²) in [7, 11) is 0. The maximum absolute atomic E-state index is 12.6. The summed E-state index contributed by atoms with van der Waals surface area (Å²) in [5.74, 6) is 1.57. The van der Waals surface area contributed by atoms with E-state index in [9.17, 15) is 4.79 Å². The second-order valence-electron chi connectivity index (χ2n) is 6.16. The number of aromatic nitrogens is 1. The van der Waals surface area contributed by atoms with Gasteiger partial charge in [-0.25, -0.2) is 4.98 Å². The van der Waals surface area contributed by atoms with Gasteiger partial charge in [-0.2, -0.15) is 0 Å². The van der Waals surface area contributed by atoms with Gasteiger partial charge in [0.2, 0.25) is 5.89 Å². The summed E-state index contributed by atoms with van der Waals surface area (Å²) < 4.78 is 11.5. The van der Waals surface area contributed by atoms with Gasteiger partial charge >= 0.3 is 0 Å². The molecule has 0 aliphatic rings. The highest BCUT2D eigenvalue weighted by Crippen LogP contribution is 2.23. The number of carbonyl (C=O) groups is 1. The Balaban J connectivity index is 1.48. The molecule has 5 heteroatoms. The van der Waals surface area contributed by atoms with Crippen LogP contribution in [-0.2, 0) is 0 Å². The van der Waals surface area contributed by atoms with Crippen LogP contribution in [0, 0.1) is 0 Å². The summed E-state index contributed by atoms with van der Waals surface area (Å²) in [5.41, 5.74) is 1.98. The molecule has 0 saturated carbocycles. The van der Waals surface area contributed by atoms with Gasteiger partial charge in [-0.3, -0.25) is 4.79 Å². The minimum atomic E-state index is -0.358. The molecule has 4 aromatic rings. The molecule has 0 aliphatic heterocycles. The first-order valence-electron chi connectivity index (χ1n) is 8.68. The van der Waals surface area contributed by atoms with Crippen LogP contribution in [0.5, 0.6) is 11.5 Å². The quantitative estimate of drug-likeness (QED) is 0.538. The SMILES string of the molecule is CC(NC(=O)c1cccc(Oc2ccccc2)c1)c1nc2ccccc2o1. The number of oxazole rings is 1. The molecule has 4 rings (SSSR count). The van der Waals surface area contributed by atoms with Crippen LogP contribution >= 0.6 is 0 Å². The number of rotatable bonds is 5. The summed E-state index contributed by atoms with van der Waals surface area (Å²) >= 11 is 0. The third kappa shape index (κ3) is 3.82. The number of amides is 1. The average molecular weight is 358 g/mol. The van der Waals surface area contributed by atoms with E-state index in [4.69, 9.17) is 9.15 Å². The molecule has 0 spiro atoms. The van der Waals surface area contributed by atoms with Crippen LogP contribution in [0.4, 0.5) is 0 Å². The van der Waals surface area contributed by atoms with Crippen molar-refractivity contribution in [3.05, 3.63) is 90.3 Å². The van der Waals surface area contributed by atoms with E-state index >= 15 is 0 Å². The van der Waals surface area contributed by atoms with E-state index in [1.54, 1.807) is 18.2 Å². The molecule has 1 N–H and O–H groups in total. The van der Waals surface area contributed by atoms with Crippen molar-refractivity contribution in [3.8, 4) is 11.5 Å². The molecule has 1 unspecified atom stereocenters. The van der Waals surface area contributed by atoms with Crippen LogP contribution in [0.3, 0.4) is 0 Å². The van der Waals surface area contributed by atoms with Crippen LogP contribution in [0.2, 0.25) is 0 Å². The number of fused-ring (bicyclic) bond motifs is 1. The fourth-order valence-electron chi connectivity index (χ4n) is 2.74. The molecule has 0 radical (unpaired) electrons. The van der Waals surface area contributed by atoms with Crippen molar-refractivity contribution in [2.45, 2.75) is 13.0 Å². The zero-order valence-electron chi connectivity index (χ0n) is 14.8. The number of para-hydroxylation sites is 3. The van der Waals surface area contributed by atoms with Crippen molar-refractivity contribution in [1.29, 1.82) is 0 Å². The highest BCUT2D eigenvalue weighted by Gasteiger charge is 2.17.